The number of benzene rings is 2. The molecule has 1 aliphatic rings. The highest BCUT2D eigenvalue weighted by atomic mass is 35.5. The predicted octanol–water partition coefficient (Wildman–Crippen LogP) is 6.41. The minimum atomic E-state index is -0.484. The van der Waals surface area contributed by atoms with Crippen molar-refractivity contribution in [2.24, 2.45) is 0 Å². The maximum atomic E-state index is 13.4. The Balaban J connectivity index is 1.39. The van der Waals surface area contributed by atoms with Crippen LogP contribution in [-0.2, 0) is 10.2 Å². The number of amides is 1. The molecule has 2 aromatic carbocycles. The molecular weight excluding hydrogens is 406 g/mol. The maximum absolute atomic E-state index is 13.4. The normalized spacial score (nSPS) is 15.3. The average Bonchev–Trinajstić information content (AvgIpc) is 3.44. The number of nitrogens with one attached hydrogen (secondary N) is 1. The summed E-state index contributed by atoms with van der Waals surface area (Å²) in [5.74, 6) is 0.0587. The van der Waals surface area contributed by atoms with Gasteiger partial charge >= 0.3 is 0 Å². The summed E-state index contributed by atoms with van der Waals surface area (Å²) in [5, 5.41) is 3.84. The lowest BCUT2D eigenvalue weighted by Gasteiger charge is -2.28. The van der Waals surface area contributed by atoms with Crippen LogP contribution in [0.3, 0.4) is 0 Å². The van der Waals surface area contributed by atoms with Gasteiger partial charge in [-0.2, -0.15) is 0 Å². The Bertz CT molecular complexity index is 1240. The van der Waals surface area contributed by atoms with Gasteiger partial charge in [0.15, 0.2) is 0 Å². The fraction of sp³-hybridized carbons (Fsp3) is 0.231. The summed E-state index contributed by atoms with van der Waals surface area (Å²) in [4.78, 5) is 18.1. The van der Waals surface area contributed by atoms with Gasteiger partial charge in [0.2, 0.25) is 5.91 Å². The van der Waals surface area contributed by atoms with Crippen molar-refractivity contribution in [2.75, 3.05) is 5.32 Å². The minimum Gasteiger partial charge on any atom is -0.325 e. The minimum absolute atomic E-state index is 0.0587. The standard InChI is InChI=1S/C26H24ClN3O/c1-18-5-4-16-30-17-23(29-24(18)30)19-6-12-22(13-7-19)28-25(31)26(14-2-3-15-26)20-8-10-21(27)11-9-20/h4-13,16-17H,2-3,14-15H2,1H3,(H,28,31). The smallest absolute Gasteiger partial charge is 0.235 e. The van der Waals surface area contributed by atoms with E-state index in [2.05, 4.69) is 18.3 Å². The van der Waals surface area contributed by atoms with E-state index in [9.17, 15) is 4.79 Å². The molecule has 0 saturated heterocycles. The van der Waals surface area contributed by atoms with Crippen LogP contribution in [0.5, 0.6) is 0 Å². The van der Waals surface area contributed by atoms with Gasteiger partial charge in [0, 0.05) is 28.7 Å². The van der Waals surface area contributed by atoms with Crippen molar-refractivity contribution in [3.05, 3.63) is 89.2 Å². The molecule has 1 aliphatic carbocycles. The predicted molar refractivity (Wildman–Crippen MR) is 126 cm³/mol. The number of carbonyl (C=O) groups is 1. The van der Waals surface area contributed by atoms with Crippen LogP contribution in [0.4, 0.5) is 5.69 Å². The van der Waals surface area contributed by atoms with Crippen molar-refractivity contribution in [1.29, 1.82) is 0 Å². The van der Waals surface area contributed by atoms with Gasteiger partial charge < -0.3 is 9.72 Å². The van der Waals surface area contributed by atoms with Crippen LogP contribution < -0.4 is 5.32 Å². The summed E-state index contributed by atoms with van der Waals surface area (Å²) in [6, 6.07) is 19.7. The highest BCUT2D eigenvalue weighted by molar-refractivity contribution is 6.30. The molecule has 2 aromatic heterocycles. The molecule has 156 valence electrons. The van der Waals surface area contributed by atoms with Gasteiger partial charge in [-0.25, -0.2) is 4.98 Å². The molecule has 0 atom stereocenters. The fourth-order valence-corrected chi connectivity index (χ4v) is 4.79. The van der Waals surface area contributed by atoms with Crippen molar-refractivity contribution in [2.45, 2.75) is 38.0 Å². The first-order valence-corrected chi connectivity index (χ1v) is 11.1. The van der Waals surface area contributed by atoms with E-state index in [0.29, 0.717) is 5.02 Å². The van der Waals surface area contributed by atoms with Gasteiger partial charge in [-0.05, 0) is 61.2 Å². The van der Waals surface area contributed by atoms with Crippen LogP contribution in [-0.4, -0.2) is 15.3 Å². The Morgan fingerprint density at radius 2 is 1.74 bits per heavy atom. The van der Waals surface area contributed by atoms with Crippen molar-refractivity contribution in [3.8, 4) is 11.3 Å². The number of fused-ring (bicyclic) bond motifs is 1. The average molecular weight is 430 g/mol. The number of hydrogen-bond acceptors (Lipinski definition) is 2. The van der Waals surface area contributed by atoms with Crippen LogP contribution in [0.2, 0.25) is 5.02 Å². The molecule has 1 amide bonds. The number of aromatic nitrogens is 2. The number of hydrogen-bond donors (Lipinski definition) is 1. The number of aryl methyl sites for hydroxylation is 1. The topological polar surface area (TPSA) is 46.4 Å². The molecule has 4 aromatic rings. The molecule has 0 bridgehead atoms. The van der Waals surface area contributed by atoms with Crippen molar-refractivity contribution < 1.29 is 4.79 Å². The second-order valence-corrected chi connectivity index (χ2v) is 8.81. The van der Waals surface area contributed by atoms with E-state index in [1.54, 1.807) is 0 Å². The quantitative estimate of drug-likeness (QED) is 0.407. The fourth-order valence-electron chi connectivity index (χ4n) is 4.66. The Kier molecular flexibility index (Phi) is 5.03. The van der Waals surface area contributed by atoms with E-state index < -0.39 is 5.41 Å². The molecule has 5 heteroatoms. The second kappa shape index (κ2) is 7.86. The number of rotatable bonds is 4. The molecular formula is C26H24ClN3O. The molecule has 2 heterocycles. The Labute approximate surface area is 186 Å². The molecule has 1 fully saturated rings. The summed E-state index contributed by atoms with van der Waals surface area (Å²) >= 11 is 6.07. The first-order chi connectivity index (χ1) is 15.0. The van der Waals surface area contributed by atoms with E-state index in [4.69, 9.17) is 16.6 Å². The SMILES string of the molecule is Cc1cccn2cc(-c3ccc(NC(=O)C4(c5ccc(Cl)cc5)CCCC4)cc3)nc12. The van der Waals surface area contributed by atoms with Gasteiger partial charge in [0.25, 0.3) is 0 Å². The molecule has 0 spiro atoms. The lowest BCUT2D eigenvalue weighted by molar-refractivity contribution is -0.121. The zero-order chi connectivity index (χ0) is 21.4. The summed E-state index contributed by atoms with van der Waals surface area (Å²) in [6.07, 6.45) is 7.87. The van der Waals surface area contributed by atoms with Gasteiger partial charge in [-0.15, -0.1) is 0 Å². The van der Waals surface area contributed by atoms with Crippen LogP contribution >= 0.6 is 11.6 Å². The third-order valence-corrected chi connectivity index (χ3v) is 6.66. The molecule has 4 nitrogen and oxygen atoms in total. The molecule has 0 aliphatic heterocycles. The molecule has 0 radical (unpaired) electrons. The molecule has 0 unspecified atom stereocenters. The number of pyridine rings is 1. The monoisotopic (exact) mass is 429 g/mol. The largest absolute Gasteiger partial charge is 0.325 e. The highest BCUT2D eigenvalue weighted by Crippen LogP contribution is 2.42. The molecule has 1 saturated carbocycles. The van der Waals surface area contributed by atoms with Gasteiger partial charge in [0.05, 0.1) is 11.1 Å². The number of anilines is 1. The summed E-state index contributed by atoms with van der Waals surface area (Å²) in [7, 11) is 0. The van der Waals surface area contributed by atoms with Crippen LogP contribution in [0, 0.1) is 6.92 Å². The molecule has 5 rings (SSSR count). The van der Waals surface area contributed by atoms with Crippen LogP contribution in [0.15, 0.2) is 73.1 Å². The van der Waals surface area contributed by atoms with E-state index in [1.165, 1.54) is 0 Å². The summed E-state index contributed by atoms with van der Waals surface area (Å²) < 4.78 is 2.04. The maximum Gasteiger partial charge on any atom is 0.235 e. The number of imidazole rings is 1. The Morgan fingerprint density at radius 1 is 1.03 bits per heavy atom. The highest BCUT2D eigenvalue weighted by Gasteiger charge is 2.42. The van der Waals surface area contributed by atoms with Gasteiger partial charge in [-0.3, -0.25) is 4.79 Å². The third-order valence-electron chi connectivity index (χ3n) is 6.40. The van der Waals surface area contributed by atoms with Gasteiger partial charge in [-0.1, -0.05) is 54.8 Å². The summed E-state index contributed by atoms with van der Waals surface area (Å²) in [5.41, 5.74) is 5.40. The zero-order valence-corrected chi connectivity index (χ0v) is 18.2. The van der Waals surface area contributed by atoms with Crippen LogP contribution in [0.1, 0.15) is 36.8 Å². The first-order valence-electron chi connectivity index (χ1n) is 10.7. The lowest BCUT2D eigenvalue weighted by Crippen LogP contribution is -2.37. The Morgan fingerprint density at radius 3 is 2.42 bits per heavy atom. The van der Waals surface area contributed by atoms with Crippen molar-refractivity contribution in [1.82, 2.24) is 9.38 Å². The van der Waals surface area contributed by atoms with E-state index >= 15 is 0 Å². The van der Waals surface area contributed by atoms with E-state index in [-0.39, 0.29) is 5.91 Å². The number of carbonyl (C=O) groups excluding carboxylic acids is 1. The molecule has 31 heavy (non-hydrogen) atoms. The Hall–Kier alpha value is -3.11. The van der Waals surface area contributed by atoms with Gasteiger partial charge in [0.1, 0.15) is 5.65 Å². The van der Waals surface area contributed by atoms with Crippen LogP contribution in [0.25, 0.3) is 16.9 Å². The lowest BCUT2D eigenvalue weighted by atomic mass is 9.78. The third kappa shape index (κ3) is 3.61. The van der Waals surface area contributed by atoms with Crippen molar-refractivity contribution >= 4 is 28.8 Å². The first kappa shape index (κ1) is 19.8. The van der Waals surface area contributed by atoms with E-state index in [1.807, 2.05) is 71.4 Å². The zero-order valence-electron chi connectivity index (χ0n) is 17.4. The number of nitrogens with zero attached hydrogens (tertiary/aromatic N) is 2. The second-order valence-electron chi connectivity index (χ2n) is 8.38. The summed E-state index contributed by atoms with van der Waals surface area (Å²) in [6.45, 7) is 2.06. The van der Waals surface area contributed by atoms with E-state index in [0.717, 1.165) is 59.4 Å². The number of halogens is 1. The molecule has 1 N–H and O–H groups in total. The van der Waals surface area contributed by atoms with Crippen molar-refractivity contribution in [3.63, 3.8) is 0 Å².